The molecule has 26 heavy (non-hydrogen) atoms. The molecule has 0 atom stereocenters. The Labute approximate surface area is 149 Å². The molecule has 3 heterocycles. The quantitative estimate of drug-likeness (QED) is 0.594. The summed E-state index contributed by atoms with van der Waals surface area (Å²) in [7, 11) is 0. The smallest absolute Gasteiger partial charge is 0.270 e. The lowest BCUT2D eigenvalue weighted by Gasteiger charge is -2.09. The average Bonchev–Trinajstić information content (AvgIpc) is 3.30. The first-order chi connectivity index (χ1) is 12.7. The van der Waals surface area contributed by atoms with Crippen LogP contribution in [0.3, 0.4) is 0 Å². The van der Waals surface area contributed by atoms with E-state index < -0.39 is 0 Å². The largest absolute Gasteiger partial charge is 0.349 e. The maximum atomic E-state index is 12.7. The molecule has 4 aromatic rings. The van der Waals surface area contributed by atoms with Crippen LogP contribution in [-0.4, -0.2) is 41.8 Å². The molecule has 0 aliphatic heterocycles. The van der Waals surface area contributed by atoms with Crippen LogP contribution >= 0.6 is 0 Å². The lowest BCUT2D eigenvalue weighted by molar-refractivity contribution is 0.0944. The van der Waals surface area contributed by atoms with Gasteiger partial charge in [0.25, 0.3) is 11.7 Å². The topological polar surface area (TPSA) is 90.0 Å². The van der Waals surface area contributed by atoms with E-state index in [1.165, 1.54) is 10.8 Å². The summed E-state index contributed by atoms with van der Waals surface area (Å²) >= 11 is 0. The van der Waals surface area contributed by atoms with E-state index in [4.69, 9.17) is 0 Å². The second-order valence-electron chi connectivity index (χ2n) is 5.84. The van der Waals surface area contributed by atoms with Gasteiger partial charge in [-0.25, -0.2) is 4.98 Å². The van der Waals surface area contributed by atoms with E-state index in [2.05, 4.69) is 25.5 Å². The van der Waals surface area contributed by atoms with E-state index in [0.29, 0.717) is 30.3 Å². The molecule has 0 saturated carbocycles. The molecule has 1 N–H and O–H groups in total. The summed E-state index contributed by atoms with van der Waals surface area (Å²) in [5.41, 5.74) is 2.93. The number of fused-ring (bicyclic) bond motifs is 1. The molecule has 0 aliphatic carbocycles. The summed E-state index contributed by atoms with van der Waals surface area (Å²) in [5.74, 6) is 0.156. The molecule has 8 heteroatoms. The molecule has 0 saturated heterocycles. The summed E-state index contributed by atoms with van der Waals surface area (Å²) in [6.07, 6.45) is 3.28. The minimum absolute atomic E-state index is 0.232. The Morgan fingerprint density at radius 2 is 2.04 bits per heavy atom. The number of nitrogens with zero attached hydrogens (tertiary/aromatic N) is 6. The predicted molar refractivity (Wildman–Crippen MR) is 95.5 cm³/mol. The maximum absolute atomic E-state index is 12.7. The minimum atomic E-state index is -0.232. The highest BCUT2D eigenvalue weighted by molar-refractivity contribution is 5.94. The number of benzene rings is 1. The van der Waals surface area contributed by atoms with Gasteiger partial charge in [0.15, 0.2) is 0 Å². The van der Waals surface area contributed by atoms with Crippen molar-refractivity contribution in [3.8, 4) is 11.3 Å². The SMILES string of the molecule is Cc1ccn(CCNC(=O)c2cc(-c3ccccc3)nc3ncnn23)n1. The van der Waals surface area contributed by atoms with Gasteiger partial charge < -0.3 is 5.32 Å². The highest BCUT2D eigenvalue weighted by Crippen LogP contribution is 2.18. The van der Waals surface area contributed by atoms with Gasteiger partial charge in [0, 0.05) is 18.3 Å². The zero-order valence-corrected chi connectivity index (χ0v) is 14.2. The zero-order valence-electron chi connectivity index (χ0n) is 14.2. The van der Waals surface area contributed by atoms with E-state index >= 15 is 0 Å². The summed E-state index contributed by atoms with van der Waals surface area (Å²) in [5, 5.41) is 11.3. The molecule has 0 unspecified atom stereocenters. The predicted octanol–water partition coefficient (Wildman–Crippen LogP) is 1.73. The molecule has 8 nitrogen and oxygen atoms in total. The van der Waals surface area contributed by atoms with E-state index in [0.717, 1.165) is 11.3 Å². The Morgan fingerprint density at radius 3 is 2.81 bits per heavy atom. The first-order valence-electron chi connectivity index (χ1n) is 8.25. The normalized spacial score (nSPS) is 11.0. The number of nitrogens with one attached hydrogen (secondary N) is 1. The molecule has 0 aliphatic rings. The second-order valence-corrected chi connectivity index (χ2v) is 5.84. The van der Waals surface area contributed by atoms with Crippen LogP contribution in [0.1, 0.15) is 16.2 Å². The Morgan fingerprint density at radius 1 is 1.19 bits per heavy atom. The van der Waals surface area contributed by atoms with Gasteiger partial charge in [-0.1, -0.05) is 30.3 Å². The van der Waals surface area contributed by atoms with Gasteiger partial charge >= 0.3 is 0 Å². The molecule has 0 bridgehead atoms. The number of rotatable bonds is 5. The molecule has 130 valence electrons. The van der Waals surface area contributed by atoms with Gasteiger partial charge in [0.2, 0.25) is 0 Å². The first-order valence-corrected chi connectivity index (χ1v) is 8.25. The van der Waals surface area contributed by atoms with Crippen molar-refractivity contribution in [3.63, 3.8) is 0 Å². The number of hydrogen-bond acceptors (Lipinski definition) is 5. The van der Waals surface area contributed by atoms with E-state index in [-0.39, 0.29) is 5.91 Å². The second kappa shape index (κ2) is 6.75. The van der Waals surface area contributed by atoms with E-state index in [9.17, 15) is 4.79 Å². The molecule has 1 amide bonds. The van der Waals surface area contributed by atoms with Crippen molar-refractivity contribution in [2.75, 3.05) is 6.54 Å². The minimum Gasteiger partial charge on any atom is -0.349 e. The van der Waals surface area contributed by atoms with Gasteiger partial charge in [0.05, 0.1) is 17.9 Å². The standard InChI is InChI=1S/C18H17N7O/c1-13-7-9-24(23-13)10-8-19-17(26)16-11-15(14-5-3-2-4-6-14)22-18-20-12-21-25(16)18/h2-7,9,11-12H,8,10H2,1H3,(H,19,26). The Bertz CT molecular complexity index is 1050. The third kappa shape index (κ3) is 3.16. The van der Waals surface area contributed by atoms with Gasteiger partial charge in [0.1, 0.15) is 12.0 Å². The molecular formula is C18H17N7O. The number of hydrogen-bond donors (Lipinski definition) is 1. The molecule has 4 rings (SSSR count). The van der Waals surface area contributed by atoms with Crippen LogP contribution in [0.25, 0.3) is 17.0 Å². The van der Waals surface area contributed by atoms with Crippen LogP contribution in [0.5, 0.6) is 0 Å². The number of amides is 1. The van der Waals surface area contributed by atoms with Crippen molar-refractivity contribution < 1.29 is 4.79 Å². The zero-order chi connectivity index (χ0) is 17.9. The maximum Gasteiger partial charge on any atom is 0.270 e. The lowest BCUT2D eigenvalue weighted by Crippen LogP contribution is -2.29. The highest BCUT2D eigenvalue weighted by Gasteiger charge is 2.15. The molecule has 3 aromatic heterocycles. The monoisotopic (exact) mass is 347 g/mol. The number of carbonyl (C=O) groups excluding carboxylic acids is 1. The average molecular weight is 347 g/mol. The molecule has 0 spiro atoms. The van der Waals surface area contributed by atoms with Crippen LogP contribution in [0, 0.1) is 6.92 Å². The fourth-order valence-electron chi connectivity index (χ4n) is 2.69. The first kappa shape index (κ1) is 15.9. The van der Waals surface area contributed by atoms with Gasteiger partial charge in [-0.15, -0.1) is 0 Å². The number of aryl methyl sites for hydroxylation is 1. The third-order valence-corrected chi connectivity index (χ3v) is 3.95. The van der Waals surface area contributed by atoms with Crippen LogP contribution in [0.2, 0.25) is 0 Å². The summed E-state index contributed by atoms with van der Waals surface area (Å²) < 4.78 is 3.24. The van der Waals surface area contributed by atoms with Crippen LogP contribution in [0.15, 0.2) is 55.0 Å². The molecular weight excluding hydrogens is 330 g/mol. The molecule has 1 aromatic carbocycles. The summed E-state index contributed by atoms with van der Waals surface area (Å²) in [6.45, 7) is 2.98. The lowest BCUT2D eigenvalue weighted by atomic mass is 10.1. The van der Waals surface area contributed by atoms with Gasteiger partial charge in [-0.05, 0) is 19.1 Å². The van der Waals surface area contributed by atoms with Crippen molar-refractivity contribution in [1.82, 2.24) is 34.7 Å². The van der Waals surface area contributed by atoms with E-state index in [1.807, 2.05) is 49.5 Å². The fourth-order valence-corrected chi connectivity index (χ4v) is 2.69. The van der Waals surface area contributed by atoms with Crippen molar-refractivity contribution >= 4 is 11.7 Å². The van der Waals surface area contributed by atoms with Crippen molar-refractivity contribution in [3.05, 3.63) is 66.4 Å². The Hall–Kier alpha value is -3.55. The van der Waals surface area contributed by atoms with Crippen LogP contribution in [0.4, 0.5) is 0 Å². The van der Waals surface area contributed by atoms with Crippen LogP contribution in [-0.2, 0) is 6.54 Å². The Balaban J connectivity index is 1.58. The van der Waals surface area contributed by atoms with Crippen molar-refractivity contribution in [2.24, 2.45) is 0 Å². The van der Waals surface area contributed by atoms with Crippen LogP contribution < -0.4 is 5.32 Å². The molecule has 0 radical (unpaired) electrons. The Kier molecular flexibility index (Phi) is 4.14. The van der Waals surface area contributed by atoms with Gasteiger partial charge in [-0.3, -0.25) is 9.48 Å². The molecule has 0 fully saturated rings. The van der Waals surface area contributed by atoms with E-state index in [1.54, 1.807) is 10.7 Å². The van der Waals surface area contributed by atoms with Crippen molar-refractivity contribution in [1.29, 1.82) is 0 Å². The fraction of sp³-hybridized carbons (Fsp3) is 0.167. The highest BCUT2D eigenvalue weighted by atomic mass is 16.2. The third-order valence-electron chi connectivity index (χ3n) is 3.95. The number of aromatic nitrogens is 6. The summed E-state index contributed by atoms with van der Waals surface area (Å²) in [6, 6.07) is 13.3. The summed E-state index contributed by atoms with van der Waals surface area (Å²) in [4.78, 5) is 21.3. The van der Waals surface area contributed by atoms with Crippen molar-refractivity contribution in [2.45, 2.75) is 13.5 Å². The number of carbonyl (C=O) groups is 1. The van der Waals surface area contributed by atoms with Gasteiger partial charge in [-0.2, -0.15) is 19.7 Å².